The molecule has 145 valence electrons. The van der Waals surface area contributed by atoms with E-state index >= 15 is 0 Å². The van der Waals surface area contributed by atoms with Crippen LogP contribution in [0.2, 0.25) is 0 Å². The van der Waals surface area contributed by atoms with Gasteiger partial charge in [0.1, 0.15) is 0 Å². The zero-order valence-electron chi connectivity index (χ0n) is 16.6. The van der Waals surface area contributed by atoms with E-state index in [0.29, 0.717) is 0 Å². The van der Waals surface area contributed by atoms with Gasteiger partial charge < -0.3 is 15.3 Å². The quantitative estimate of drug-likeness (QED) is 0.565. The molecule has 3 N–H and O–H groups in total. The first-order valence-electron chi connectivity index (χ1n) is 9.63. The van der Waals surface area contributed by atoms with Gasteiger partial charge in [0.2, 0.25) is 0 Å². The lowest BCUT2D eigenvalue weighted by Gasteiger charge is -2.20. The molecule has 0 aromatic heterocycles. The van der Waals surface area contributed by atoms with E-state index in [1.807, 2.05) is 74.5 Å². The van der Waals surface area contributed by atoms with Gasteiger partial charge in [0.05, 0.1) is 18.8 Å². The average Bonchev–Trinajstić information content (AvgIpc) is 2.72. The molecule has 3 nitrogen and oxygen atoms in total. The Morgan fingerprint density at radius 2 is 1.57 bits per heavy atom. The Morgan fingerprint density at radius 3 is 2.25 bits per heavy atom. The molecule has 0 saturated carbocycles. The minimum Gasteiger partial charge on any atom is -0.392 e. The normalized spacial score (nSPS) is 13.5. The SMILES string of the molecule is CC(O)c1cc(-c2cc[c]cc2C(O)C(C)C)ccc1-c1cccc(CO)c1. The number of aliphatic hydroxyl groups is 3. The third-order valence-electron chi connectivity index (χ3n) is 5.08. The van der Waals surface area contributed by atoms with Crippen LogP contribution >= 0.6 is 0 Å². The number of hydrogen-bond acceptors (Lipinski definition) is 3. The molecule has 0 fully saturated rings. The maximum Gasteiger partial charge on any atom is 0.0819 e. The summed E-state index contributed by atoms with van der Waals surface area (Å²) in [5.41, 5.74) is 6.26. The fourth-order valence-electron chi connectivity index (χ4n) is 3.49. The van der Waals surface area contributed by atoms with Crippen molar-refractivity contribution in [1.29, 1.82) is 0 Å². The van der Waals surface area contributed by atoms with Crippen molar-refractivity contribution in [3.8, 4) is 22.3 Å². The summed E-state index contributed by atoms with van der Waals surface area (Å²) in [6.45, 7) is 5.70. The number of aliphatic hydroxyl groups excluding tert-OH is 3. The van der Waals surface area contributed by atoms with E-state index in [-0.39, 0.29) is 12.5 Å². The summed E-state index contributed by atoms with van der Waals surface area (Å²) in [4.78, 5) is 0. The van der Waals surface area contributed by atoms with Gasteiger partial charge >= 0.3 is 0 Å². The van der Waals surface area contributed by atoms with E-state index in [4.69, 9.17) is 0 Å². The van der Waals surface area contributed by atoms with Crippen molar-refractivity contribution in [2.45, 2.75) is 39.6 Å². The molecule has 0 amide bonds. The highest BCUT2D eigenvalue weighted by Gasteiger charge is 2.18. The van der Waals surface area contributed by atoms with Gasteiger partial charge in [-0.05, 0) is 76.1 Å². The fraction of sp³-hybridized carbons (Fsp3) is 0.280. The highest BCUT2D eigenvalue weighted by atomic mass is 16.3. The summed E-state index contributed by atoms with van der Waals surface area (Å²) in [6.07, 6.45) is -1.23. The number of rotatable bonds is 6. The third-order valence-corrected chi connectivity index (χ3v) is 5.08. The monoisotopic (exact) mass is 375 g/mol. The smallest absolute Gasteiger partial charge is 0.0819 e. The Balaban J connectivity index is 2.13. The molecule has 28 heavy (non-hydrogen) atoms. The van der Waals surface area contributed by atoms with Crippen LogP contribution in [0.5, 0.6) is 0 Å². The van der Waals surface area contributed by atoms with E-state index in [9.17, 15) is 15.3 Å². The molecule has 0 heterocycles. The van der Waals surface area contributed by atoms with Crippen LogP contribution in [0, 0.1) is 12.0 Å². The molecule has 0 bridgehead atoms. The highest BCUT2D eigenvalue weighted by molar-refractivity contribution is 5.76. The third kappa shape index (κ3) is 4.17. The zero-order chi connectivity index (χ0) is 20.3. The fourth-order valence-corrected chi connectivity index (χ4v) is 3.49. The Hall–Kier alpha value is -2.46. The average molecular weight is 375 g/mol. The minimum atomic E-state index is -0.651. The second kappa shape index (κ2) is 8.70. The molecule has 0 aliphatic heterocycles. The lowest BCUT2D eigenvalue weighted by atomic mass is 9.88. The maximum atomic E-state index is 10.6. The van der Waals surface area contributed by atoms with Crippen molar-refractivity contribution in [2.24, 2.45) is 5.92 Å². The number of benzene rings is 3. The predicted octanol–water partition coefficient (Wildman–Crippen LogP) is 5.06. The summed E-state index contributed by atoms with van der Waals surface area (Å²) in [6, 6.07) is 22.4. The highest BCUT2D eigenvalue weighted by Crippen LogP contribution is 2.36. The summed E-state index contributed by atoms with van der Waals surface area (Å²) >= 11 is 0. The largest absolute Gasteiger partial charge is 0.392 e. The predicted molar refractivity (Wildman–Crippen MR) is 113 cm³/mol. The lowest BCUT2D eigenvalue weighted by molar-refractivity contribution is 0.127. The summed E-state index contributed by atoms with van der Waals surface area (Å²) in [5.74, 6) is 0.0891. The second-order valence-electron chi connectivity index (χ2n) is 7.54. The van der Waals surface area contributed by atoms with Crippen molar-refractivity contribution in [3.05, 3.63) is 83.4 Å². The van der Waals surface area contributed by atoms with Crippen molar-refractivity contribution < 1.29 is 15.3 Å². The van der Waals surface area contributed by atoms with E-state index in [2.05, 4.69) is 6.07 Å². The van der Waals surface area contributed by atoms with Gasteiger partial charge in [-0.2, -0.15) is 0 Å². The van der Waals surface area contributed by atoms with Gasteiger partial charge in [-0.15, -0.1) is 0 Å². The van der Waals surface area contributed by atoms with E-state index in [0.717, 1.165) is 38.9 Å². The van der Waals surface area contributed by atoms with Crippen LogP contribution in [0.25, 0.3) is 22.3 Å². The van der Waals surface area contributed by atoms with E-state index < -0.39 is 12.2 Å². The Labute approximate surface area is 166 Å². The van der Waals surface area contributed by atoms with Gasteiger partial charge in [-0.3, -0.25) is 0 Å². The van der Waals surface area contributed by atoms with E-state index in [1.165, 1.54) is 0 Å². The van der Waals surface area contributed by atoms with Crippen LogP contribution in [0.3, 0.4) is 0 Å². The summed E-state index contributed by atoms with van der Waals surface area (Å²) in [7, 11) is 0. The van der Waals surface area contributed by atoms with Crippen LogP contribution < -0.4 is 0 Å². The zero-order valence-corrected chi connectivity index (χ0v) is 16.6. The van der Waals surface area contributed by atoms with Gasteiger partial charge in [-0.1, -0.05) is 56.3 Å². The molecule has 3 rings (SSSR count). The van der Waals surface area contributed by atoms with Crippen molar-refractivity contribution in [3.63, 3.8) is 0 Å². The molecule has 2 unspecified atom stereocenters. The minimum absolute atomic E-state index is 0.0209. The molecule has 0 aliphatic rings. The van der Waals surface area contributed by atoms with Gasteiger partial charge in [0, 0.05) is 0 Å². The van der Waals surface area contributed by atoms with Crippen LogP contribution in [-0.2, 0) is 6.61 Å². The van der Waals surface area contributed by atoms with E-state index in [1.54, 1.807) is 6.92 Å². The standard InChI is InChI=1S/C25H27O3/c1-16(2)25(28)23-10-5-4-9-21(23)20-11-12-22(24(14-20)17(3)27)19-8-6-7-18(13-19)15-26/h4,6-14,16-17,25-28H,15H2,1-3H3. The number of hydrogen-bond donors (Lipinski definition) is 3. The molecule has 2 atom stereocenters. The lowest BCUT2D eigenvalue weighted by Crippen LogP contribution is -2.07. The molecule has 0 saturated heterocycles. The molecule has 0 aliphatic carbocycles. The van der Waals surface area contributed by atoms with Crippen LogP contribution in [-0.4, -0.2) is 15.3 Å². The van der Waals surface area contributed by atoms with Gasteiger partial charge in [0.15, 0.2) is 0 Å². The molecule has 0 spiro atoms. The van der Waals surface area contributed by atoms with Crippen LogP contribution in [0.15, 0.2) is 60.7 Å². The van der Waals surface area contributed by atoms with Crippen molar-refractivity contribution in [1.82, 2.24) is 0 Å². The molecule has 3 aromatic carbocycles. The maximum absolute atomic E-state index is 10.6. The van der Waals surface area contributed by atoms with Crippen LogP contribution in [0.1, 0.15) is 49.7 Å². The summed E-state index contributed by atoms with van der Waals surface area (Å²) < 4.78 is 0. The Morgan fingerprint density at radius 1 is 0.857 bits per heavy atom. The van der Waals surface area contributed by atoms with Gasteiger partial charge in [-0.25, -0.2) is 0 Å². The second-order valence-corrected chi connectivity index (χ2v) is 7.54. The molecular weight excluding hydrogens is 348 g/mol. The Kier molecular flexibility index (Phi) is 6.30. The summed E-state index contributed by atoms with van der Waals surface area (Å²) in [5, 5.41) is 30.5. The molecular formula is C25H27O3. The Bertz CT molecular complexity index is 944. The topological polar surface area (TPSA) is 60.7 Å². The van der Waals surface area contributed by atoms with Gasteiger partial charge in [0.25, 0.3) is 0 Å². The first-order chi connectivity index (χ1) is 13.4. The molecule has 3 aromatic rings. The van der Waals surface area contributed by atoms with Crippen LogP contribution in [0.4, 0.5) is 0 Å². The van der Waals surface area contributed by atoms with Crippen molar-refractivity contribution >= 4 is 0 Å². The first-order valence-corrected chi connectivity index (χ1v) is 9.63. The first kappa shape index (κ1) is 20.3. The molecule has 1 radical (unpaired) electrons. The molecule has 3 heteroatoms. The van der Waals surface area contributed by atoms with Crippen molar-refractivity contribution in [2.75, 3.05) is 0 Å².